The molecule has 2 aromatic rings. The van der Waals surface area contributed by atoms with E-state index in [2.05, 4.69) is 47.7 Å². The van der Waals surface area contributed by atoms with Gasteiger partial charge in [-0.25, -0.2) is 4.99 Å². The van der Waals surface area contributed by atoms with Crippen molar-refractivity contribution in [3.8, 4) is 5.75 Å². The highest BCUT2D eigenvalue weighted by Crippen LogP contribution is 2.23. The second-order valence-corrected chi connectivity index (χ2v) is 6.93. The fourth-order valence-electron chi connectivity index (χ4n) is 3.07. The van der Waals surface area contributed by atoms with Crippen LogP contribution in [0, 0.1) is 6.92 Å². The van der Waals surface area contributed by atoms with Crippen LogP contribution < -0.4 is 15.4 Å². The molecule has 150 valence electrons. The minimum Gasteiger partial charge on any atom is -0.491 e. The Morgan fingerprint density at radius 2 is 2.21 bits per heavy atom. The summed E-state index contributed by atoms with van der Waals surface area (Å²) in [5, 5.41) is 6.61. The summed E-state index contributed by atoms with van der Waals surface area (Å²) in [6.07, 6.45) is 4.19. The number of rotatable bonds is 8. The highest BCUT2D eigenvalue weighted by atomic mass is 16.5. The monoisotopic (exact) mass is 382 g/mol. The summed E-state index contributed by atoms with van der Waals surface area (Å²) in [6, 6.07) is 12.2. The Bertz CT molecular complexity index is 758. The zero-order valence-electron chi connectivity index (χ0n) is 16.8. The molecule has 1 fully saturated rings. The highest BCUT2D eigenvalue weighted by molar-refractivity contribution is 5.79. The van der Waals surface area contributed by atoms with Crippen LogP contribution in [0.15, 0.2) is 47.6 Å². The van der Waals surface area contributed by atoms with Crippen molar-refractivity contribution in [1.82, 2.24) is 15.6 Å². The van der Waals surface area contributed by atoms with E-state index in [1.54, 1.807) is 6.20 Å². The molecule has 1 aliphatic heterocycles. The molecule has 6 heteroatoms. The van der Waals surface area contributed by atoms with Gasteiger partial charge < -0.3 is 20.1 Å². The van der Waals surface area contributed by atoms with Crippen molar-refractivity contribution in [3.05, 3.63) is 59.4 Å². The van der Waals surface area contributed by atoms with Crippen LogP contribution >= 0.6 is 0 Å². The first-order valence-corrected chi connectivity index (χ1v) is 10.0. The molecule has 6 nitrogen and oxygen atoms in total. The van der Waals surface area contributed by atoms with Crippen molar-refractivity contribution in [2.24, 2.45) is 4.99 Å². The summed E-state index contributed by atoms with van der Waals surface area (Å²) in [6.45, 7) is 7.53. The molecule has 1 saturated heterocycles. The fourth-order valence-corrected chi connectivity index (χ4v) is 3.07. The molecule has 0 amide bonds. The minimum atomic E-state index is 0.203. The summed E-state index contributed by atoms with van der Waals surface area (Å²) < 4.78 is 11.7. The maximum Gasteiger partial charge on any atom is 0.191 e. The maximum atomic E-state index is 6.08. The van der Waals surface area contributed by atoms with Crippen LogP contribution in [-0.2, 0) is 17.8 Å². The van der Waals surface area contributed by atoms with Crippen LogP contribution in [0.4, 0.5) is 0 Å². The molecule has 0 aliphatic carbocycles. The Balaban J connectivity index is 1.63. The first kappa shape index (κ1) is 20.1. The van der Waals surface area contributed by atoms with Crippen LogP contribution in [0.1, 0.15) is 36.6 Å². The van der Waals surface area contributed by atoms with Gasteiger partial charge in [-0.15, -0.1) is 0 Å². The van der Waals surface area contributed by atoms with Crippen molar-refractivity contribution < 1.29 is 9.47 Å². The molecule has 0 bridgehead atoms. The van der Waals surface area contributed by atoms with E-state index in [0.717, 1.165) is 49.0 Å². The second kappa shape index (κ2) is 10.7. The lowest BCUT2D eigenvalue weighted by Crippen LogP contribution is -2.37. The SMILES string of the molecule is CCNC(=NCc1ccc(C)cc1OCC1CCCO1)NCc1ccccn1. The van der Waals surface area contributed by atoms with Crippen LogP contribution in [0.2, 0.25) is 0 Å². The number of aliphatic imine (C=N–C) groups is 1. The van der Waals surface area contributed by atoms with Gasteiger partial charge >= 0.3 is 0 Å². The van der Waals surface area contributed by atoms with Gasteiger partial charge in [0, 0.05) is 24.9 Å². The van der Waals surface area contributed by atoms with Gasteiger partial charge in [0.25, 0.3) is 0 Å². The van der Waals surface area contributed by atoms with E-state index in [1.165, 1.54) is 5.56 Å². The normalized spacial score (nSPS) is 16.8. The fraction of sp³-hybridized carbons (Fsp3) is 0.455. The average molecular weight is 383 g/mol. The number of pyridine rings is 1. The third kappa shape index (κ3) is 6.23. The molecule has 1 aromatic carbocycles. The summed E-state index contributed by atoms with van der Waals surface area (Å²) in [5.74, 6) is 1.65. The van der Waals surface area contributed by atoms with Crippen molar-refractivity contribution in [3.63, 3.8) is 0 Å². The number of aromatic nitrogens is 1. The molecule has 0 spiro atoms. The van der Waals surface area contributed by atoms with Gasteiger partial charge in [-0.05, 0) is 50.5 Å². The van der Waals surface area contributed by atoms with Gasteiger partial charge in [0.15, 0.2) is 5.96 Å². The number of hydrogen-bond donors (Lipinski definition) is 2. The number of guanidine groups is 1. The third-order valence-corrected chi connectivity index (χ3v) is 4.59. The Hall–Kier alpha value is -2.60. The summed E-state index contributed by atoms with van der Waals surface area (Å²) in [4.78, 5) is 9.06. The van der Waals surface area contributed by atoms with Crippen molar-refractivity contribution in [2.45, 2.75) is 45.9 Å². The minimum absolute atomic E-state index is 0.203. The van der Waals surface area contributed by atoms with Gasteiger partial charge in [-0.1, -0.05) is 18.2 Å². The lowest BCUT2D eigenvalue weighted by atomic mass is 10.1. The quantitative estimate of drug-likeness (QED) is 0.542. The van der Waals surface area contributed by atoms with Gasteiger partial charge in [-0.3, -0.25) is 4.98 Å². The zero-order valence-corrected chi connectivity index (χ0v) is 16.8. The van der Waals surface area contributed by atoms with E-state index in [-0.39, 0.29) is 6.10 Å². The summed E-state index contributed by atoms with van der Waals surface area (Å²) in [7, 11) is 0. The number of aryl methyl sites for hydroxylation is 1. The van der Waals surface area contributed by atoms with Crippen molar-refractivity contribution in [1.29, 1.82) is 0 Å². The van der Waals surface area contributed by atoms with Crippen molar-refractivity contribution in [2.75, 3.05) is 19.8 Å². The maximum absolute atomic E-state index is 6.08. The van der Waals surface area contributed by atoms with Crippen molar-refractivity contribution >= 4 is 5.96 Å². The molecular formula is C22H30N4O2. The number of nitrogens with zero attached hydrogens (tertiary/aromatic N) is 2. The first-order valence-electron chi connectivity index (χ1n) is 10.0. The number of nitrogens with one attached hydrogen (secondary N) is 2. The molecule has 1 unspecified atom stereocenters. The molecular weight excluding hydrogens is 352 g/mol. The van der Waals surface area contributed by atoms with E-state index in [0.29, 0.717) is 19.7 Å². The van der Waals surface area contributed by atoms with E-state index in [1.807, 2.05) is 18.2 Å². The number of hydrogen-bond acceptors (Lipinski definition) is 4. The predicted octanol–water partition coefficient (Wildman–Crippen LogP) is 3.20. The summed E-state index contributed by atoms with van der Waals surface area (Å²) >= 11 is 0. The Labute approximate surface area is 167 Å². The molecule has 28 heavy (non-hydrogen) atoms. The van der Waals surface area contributed by atoms with E-state index in [4.69, 9.17) is 14.5 Å². The number of ether oxygens (including phenoxy) is 2. The highest BCUT2D eigenvalue weighted by Gasteiger charge is 2.17. The topological polar surface area (TPSA) is 67.8 Å². The molecule has 1 aromatic heterocycles. The molecule has 2 heterocycles. The molecule has 2 N–H and O–H groups in total. The van der Waals surface area contributed by atoms with Gasteiger partial charge in [0.1, 0.15) is 12.4 Å². The van der Waals surface area contributed by atoms with Crippen LogP contribution in [0.3, 0.4) is 0 Å². The van der Waals surface area contributed by atoms with E-state index >= 15 is 0 Å². The van der Waals surface area contributed by atoms with Crippen LogP contribution in [-0.4, -0.2) is 36.8 Å². The Morgan fingerprint density at radius 3 is 2.96 bits per heavy atom. The standard InChI is InChI=1S/C22H30N4O2/c1-3-23-22(26-15-19-7-4-5-11-24-19)25-14-18-10-9-17(2)13-21(18)28-16-20-8-6-12-27-20/h4-5,7,9-11,13,20H,3,6,8,12,14-16H2,1-2H3,(H2,23,25,26). The molecule has 0 radical (unpaired) electrons. The van der Waals surface area contributed by atoms with Crippen LogP contribution in [0.25, 0.3) is 0 Å². The van der Waals surface area contributed by atoms with Gasteiger partial charge in [0.05, 0.1) is 24.9 Å². The molecule has 3 rings (SSSR count). The second-order valence-electron chi connectivity index (χ2n) is 6.93. The lowest BCUT2D eigenvalue weighted by Gasteiger charge is -2.15. The lowest BCUT2D eigenvalue weighted by molar-refractivity contribution is 0.0676. The Kier molecular flexibility index (Phi) is 7.67. The largest absolute Gasteiger partial charge is 0.491 e. The third-order valence-electron chi connectivity index (χ3n) is 4.59. The molecule has 0 saturated carbocycles. The van der Waals surface area contributed by atoms with E-state index in [9.17, 15) is 0 Å². The predicted molar refractivity (Wildman–Crippen MR) is 112 cm³/mol. The van der Waals surface area contributed by atoms with E-state index < -0.39 is 0 Å². The average Bonchev–Trinajstić information content (AvgIpc) is 3.24. The first-order chi connectivity index (χ1) is 13.7. The van der Waals surface area contributed by atoms with Crippen LogP contribution in [0.5, 0.6) is 5.75 Å². The zero-order chi connectivity index (χ0) is 19.6. The smallest absolute Gasteiger partial charge is 0.191 e. The number of benzene rings is 1. The molecule has 1 atom stereocenters. The van der Waals surface area contributed by atoms with Gasteiger partial charge in [0.2, 0.25) is 0 Å². The molecule has 1 aliphatic rings. The summed E-state index contributed by atoms with van der Waals surface area (Å²) in [5.41, 5.74) is 3.22. The van der Waals surface area contributed by atoms with Gasteiger partial charge in [-0.2, -0.15) is 0 Å². The Morgan fingerprint density at radius 1 is 1.29 bits per heavy atom.